The molecule has 29 heavy (non-hydrogen) atoms. The van der Waals surface area contributed by atoms with Crippen molar-refractivity contribution in [1.82, 2.24) is 9.97 Å². The number of aromatic nitrogens is 2. The third kappa shape index (κ3) is 4.12. The molecule has 0 radical (unpaired) electrons. The van der Waals surface area contributed by atoms with Crippen molar-refractivity contribution in [2.24, 2.45) is 5.73 Å². The first-order valence-corrected chi connectivity index (χ1v) is 9.35. The van der Waals surface area contributed by atoms with Crippen molar-refractivity contribution in [3.8, 4) is 22.4 Å². The third-order valence-corrected chi connectivity index (χ3v) is 5.12. The van der Waals surface area contributed by atoms with Crippen molar-refractivity contribution in [3.63, 3.8) is 0 Å². The highest BCUT2D eigenvalue weighted by Gasteiger charge is 2.16. The molecule has 1 atom stereocenters. The number of amides is 1. The fraction of sp³-hybridized carbons (Fsp3) is 0.182. The number of carbonyl (C=O) groups is 2. The molecule has 1 amide bonds. The number of nitrogens with zero attached hydrogens (tertiary/aromatic N) is 2. The van der Waals surface area contributed by atoms with Gasteiger partial charge in [0.15, 0.2) is 0 Å². The summed E-state index contributed by atoms with van der Waals surface area (Å²) >= 11 is 6.40. The van der Waals surface area contributed by atoms with E-state index in [0.717, 1.165) is 16.7 Å². The Morgan fingerprint density at radius 3 is 2.17 bits per heavy atom. The first kappa shape index (κ1) is 20.5. The molecule has 1 heterocycles. The topological polar surface area (TPSA) is 106 Å². The van der Waals surface area contributed by atoms with Crippen molar-refractivity contribution >= 4 is 23.5 Å². The van der Waals surface area contributed by atoms with Crippen molar-refractivity contribution in [2.75, 3.05) is 0 Å². The van der Waals surface area contributed by atoms with Gasteiger partial charge in [0.2, 0.25) is 0 Å². The monoisotopic (exact) mass is 409 g/mol. The SMILES string of the molecule is Cc1nc(C)c(-c2ccc(-c3ccc([C@@H](C)C(=O)O)cc3Cl)cc2)nc1C(N)=O. The Morgan fingerprint density at radius 1 is 1.00 bits per heavy atom. The third-order valence-electron chi connectivity index (χ3n) is 4.81. The minimum absolute atomic E-state index is 0.154. The smallest absolute Gasteiger partial charge is 0.310 e. The number of nitrogens with two attached hydrogens (primary N) is 1. The molecule has 3 rings (SSSR count). The molecular weight excluding hydrogens is 390 g/mol. The molecule has 148 valence electrons. The van der Waals surface area contributed by atoms with Gasteiger partial charge in [0.25, 0.3) is 5.91 Å². The number of primary amides is 1. The van der Waals surface area contributed by atoms with Gasteiger partial charge in [-0.1, -0.05) is 48.0 Å². The Labute approximate surface area is 173 Å². The maximum absolute atomic E-state index is 11.6. The van der Waals surface area contributed by atoms with Crippen molar-refractivity contribution in [1.29, 1.82) is 0 Å². The molecule has 0 spiro atoms. The number of rotatable bonds is 5. The number of hydrogen-bond acceptors (Lipinski definition) is 4. The molecule has 0 saturated carbocycles. The number of halogens is 1. The molecular formula is C22H20ClN3O3. The summed E-state index contributed by atoms with van der Waals surface area (Å²) in [6, 6.07) is 12.8. The van der Waals surface area contributed by atoms with E-state index in [9.17, 15) is 9.59 Å². The largest absolute Gasteiger partial charge is 0.481 e. The fourth-order valence-corrected chi connectivity index (χ4v) is 3.42. The maximum atomic E-state index is 11.6. The van der Waals surface area contributed by atoms with Crippen LogP contribution < -0.4 is 5.73 Å². The molecule has 2 aromatic carbocycles. The van der Waals surface area contributed by atoms with Crippen LogP contribution in [0.15, 0.2) is 42.5 Å². The zero-order chi connectivity index (χ0) is 21.3. The molecule has 0 aliphatic heterocycles. The number of carbonyl (C=O) groups excluding carboxylic acids is 1. The Hall–Kier alpha value is -3.25. The van der Waals surface area contributed by atoms with Gasteiger partial charge in [0.1, 0.15) is 5.69 Å². The van der Waals surface area contributed by atoms with Crippen LogP contribution in [0.5, 0.6) is 0 Å². The maximum Gasteiger partial charge on any atom is 0.310 e. The zero-order valence-corrected chi connectivity index (χ0v) is 17.0. The number of aryl methyl sites for hydroxylation is 2. The van der Waals surface area contributed by atoms with E-state index in [1.807, 2.05) is 37.3 Å². The van der Waals surface area contributed by atoms with Gasteiger partial charge >= 0.3 is 5.97 Å². The minimum atomic E-state index is -0.900. The second-order valence-corrected chi connectivity index (χ2v) is 7.24. The van der Waals surface area contributed by atoms with Gasteiger partial charge in [-0.25, -0.2) is 4.98 Å². The number of benzene rings is 2. The summed E-state index contributed by atoms with van der Waals surface area (Å²) < 4.78 is 0. The van der Waals surface area contributed by atoms with E-state index in [-0.39, 0.29) is 5.69 Å². The van der Waals surface area contributed by atoms with Crippen LogP contribution in [-0.4, -0.2) is 27.0 Å². The highest BCUT2D eigenvalue weighted by molar-refractivity contribution is 6.33. The van der Waals surface area contributed by atoms with E-state index in [1.54, 1.807) is 26.0 Å². The lowest BCUT2D eigenvalue weighted by molar-refractivity contribution is -0.138. The van der Waals surface area contributed by atoms with E-state index < -0.39 is 17.8 Å². The van der Waals surface area contributed by atoms with E-state index in [1.165, 1.54) is 0 Å². The van der Waals surface area contributed by atoms with E-state index in [2.05, 4.69) is 9.97 Å². The van der Waals surface area contributed by atoms with Crippen LogP contribution in [0.2, 0.25) is 5.02 Å². The van der Waals surface area contributed by atoms with Crippen molar-refractivity contribution in [2.45, 2.75) is 26.7 Å². The molecule has 0 aliphatic rings. The normalized spacial score (nSPS) is 11.9. The summed E-state index contributed by atoms with van der Waals surface area (Å²) in [5, 5.41) is 9.64. The highest BCUT2D eigenvalue weighted by atomic mass is 35.5. The molecule has 0 bridgehead atoms. The van der Waals surface area contributed by atoms with Crippen LogP contribution in [0.1, 0.15) is 40.3 Å². The van der Waals surface area contributed by atoms with Crippen molar-refractivity contribution in [3.05, 3.63) is 70.1 Å². The van der Waals surface area contributed by atoms with Crippen LogP contribution in [0.4, 0.5) is 0 Å². The number of hydrogen-bond donors (Lipinski definition) is 2. The highest BCUT2D eigenvalue weighted by Crippen LogP contribution is 2.32. The van der Waals surface area contributed by atoms with Crippen LogP contribution in [0.25, 0.3) is 22.4 Å². The van der Waals surface area contributed by atoms with Gasteiger partial charge in [0.05, 0.1) is 23.0 Å². The number of carboxylic acid groups (broad SMARTS) is 1. The average molecular weight is 410 g/mol. The second-order valence-electron chi connectivity index (χ2n) is 6.83. The van der Waals surface area contributed by atoms with Gasteiger partial charge < -0.3 is 10.8 Å². The van der Waals surface area contributed by atoms with Crippen LogP contribution in [0.3, 0.4) is 0 Å². The van der Waals surface area contributed by atoms with Crippen LogP contribution in [-0.2, 0) is 4.79 Å². The Kier molecular flexibility index (Phi) is 5.66. The van der Waals surface area contributed by atoms with Gasteiger partial charge in [-0.15, -0.1) is 0 Å². The quantitative estimate of drug-likeness (QED) is 0.650. The van der Waals surface area contributed by atoms with Crippen LogP contribution >= 0.6 is 11.6 Å². The predicted molar refractivity (Wildman–Crippen MR) is 112 cm³/mol. The fourth-order valence-electron chi connectivity index (χ4n) is 3.12. The molecule has 0 saturated heterocycles. The molecule has 3 N–H and O–H groups in total. The predicted octanol–water partition coefficient (Wildman–Crippen LogP) is 4.37. The standard InChI is InChI=1S/C22H20ClN3O3/c1-11(22(28)29)16-8-9-17(18(23)10-16)14-4-6-15(7-5-14)19-12(2)25-13(3)20(26-19)21(24)27/h4-11H,1-3H3,(H2,24,27)(H,28,29)/t11-/m1/s1. The number of carboxylic acids is 1. The number of aliphatic carboxylic acids is 1. The van der Waals surface area contributed by atoms with E-state index >= 15 is 0 Å². The molecule has 0 aliphatic carbocycles. The minimum Gasteiger partial charge on any atom is -0.481 e. The Balaban J connectivity index is 1.97. The van der Waals surface area contributed by atoms with E-state index in [0.29, 0.717) is 27.7 Å². The lowest BCUT2D eigenvalue weighted by atomic mass is 9.96. The average Bonchev–Trinajstić information content (AvgIpc) is 2.67. The summed E-state index contributed by atoms with van der Waals surface area (Å²) in [4.78, 5) is 31.5. The summed E-state index contributed by atoms with van der Waals surface area (Å²) in [5.41, 5.74) is 10.4. The van der Waals surface area contributed by atoms with Gasteiger partial charge in [0, 0.05) is 16.1 Å². The summed E-state index contributed by atoms with van der Waals surface area (Å²) in [6.07, 6.45) is 0. The first-order valence-electron chi connectivity index (χ1n) is 8.97. The molecule has 3 aromatic rings. The summed E-state index contributed by atoms with van der Waals surface area (Å²) in [6.45, 7) is 5.14. The molecule has 1 aromatic heterocycles. The lowest BCUT2D eigenvalue weighted by Gasteiger charge is -2.12. The summed E-state index contributed by atoms with van der Waals surface area (Å²) in [7, 11) is 0. The van der Waals surface area contributed by atoms with Gasteiger partial charge in [-0.2, -0.15) is 0 Å². The van der Waals surface area contributed by atoms with Gasteiger partial charge in [-0.3, -0.25) is 14.6 Å². The Morgan fingerprint density at radius 2 is 1.62 bits per heavy atom. The van der Waals surface area contributed by atoms with Crippen LogP contribution in [0, 0.1) is 13.8 Å². The second kappa shape index (κ2) is 8.01. The molecule has 6 nitrogen and oxygen atoms in total. The summed E-state index contributed by atoms with van der Waals surface area (Å²) in [5.74, 6) is -2.15. The zero-order valence-electron chi connectivity index (χ0n) is 16.2. The molecule has 0 fully saturated rings. The molecule has 7 heteroatoms. The van der Waals surface area contributed by atoms with Gasteiger partial charge in [-0.05, 0) is 38.0 Å². The Bertz CT molecular complexity index is 1110. The molecule has 0 unspecified atom stereocenters. The first-order chi connectivity index (χ1) is 13.7. The lowest BCUT2D eigenvalue weighted by Crippen LogP contribution is -2.17. The van der Waals surface area contributed by atoms with E-state index in [4.69, 9.17) is 22.4 Å². The van der Waals surface area contributed by atoms with Crippen molar-refractivity contribution < 1.29 is 14.7 Å².